The van der Waals surface area contributed by atoms with Gasteiger partial charge in [0.25, 0.3) is 0 Å². The maximum absolute atomic E-state index is 9.94. The van der Waals surface area contributed by atoms with E-state index in [2.05, 4.69) is 5.32 Å². The Morgan fingerprint density at radius 3 is 2.40 bits per heavy atom. The number of benzene rings is 2. The molecule has 0 amide bonds. The third-order valence-electron chi connectivity index (χ3n) is 3.48. The topological polar surface area (TPSA) is 72.7 Å². The summed E-state index contributed by atoms with van der Waals surface area (Å²) in [5.74, 6) is 0.494. The molecule has 0 aliphatic heterocycles. The van der Waals surface area contributed by atoms with Crippen molar-refractivity contribution in [3.8, 4) is 17.2 Å². The highest BCUT2D eigenvalue weighted by Crippen LogP contribution is 2.33. The summed E-state index contributed by atoms with van der Waals surface area (Å²) in [5, 5.41) is 32.5. The maximum atomic E-state index is 9.94. The molecular formula is C16H19NO3. The van der Waals surface area contributed by atoms with Crippen LogP contribution in [0.2, 0.25) is 0 Å². The third-order valence-corrected chi connectivity index (χ3v) is 3.48. The van der Waals surface area contributed by atoms with Gasteiger partial charge in [-0.15, -0.1) is 0 Å². The molecule has 0 radical (unpaired) electrons. The molecule has 4 nitrogen and oxygen atoms in total. The quantitative estimate of drug-likeness (QED) is 0.645. The summed E-state index contributed by atoms with van der Waals surface area (Å²) in [4.78, 5) is 0. The number of hydrogen-bond donors (Lipinski definition) is 4. The van der Waals surface area contributed by atoms with Crippen LogP contribution in [0.1, 0.15) is 29.7 Å². The molecule has 0 aliphatic carbocycles. The summed E-state index contributed by atoms with van der Waals surface area (Å²) in [6.45, 7) is 5.56. The summed E-state index contributed by atoms with van der Waals surface area (Å²) >= 11 is 0. The van der Waals surface area contributed by atoms with Crippen molar-refractivity contribution >= 4 is 5.69 Å². The van der Waals surface area contributed by atoms with Crippen LogP contribution in [0.3, 0.4) is 0 Å². The Morgan fingerprint density at radius 2 is 1.70 bits per heavy atom. The number of nitrogens with one attached hydrogen (secondary N) is 1. The van der Waals surface area contributed by atoms with Gasteiger partial charge in [-0.1, -0.05) is 6.07 Å². The molecule has 0 aromatic heterocycles. The second kappa shape index (κ2) is 5.33. The Bertz CT molecular complexity index is 638. The standard InChI is InChI=1S/C16H19NO3/c1-9-4-6-14(10(2)16(9)20)17-11(3)13-8-12(18)5-7-15(13)19/h4-8,11,17-20H,1-3H3. The van der Waals surface area contributed by atoms with Crippen LogP contribution in [-0.2, 0) is 0 Å². The van der Waals surface area contributed by atoms with E-state index in [1.165, 1.54) is 18.2 Å². The van der Waals surface area contributed by atoms with Gasteiger partial charge < -0.3 is 20.6 Å². The average Bonchev–Trinajstić information content (AvgIpc) is 2.42. The highest BCUT2D eigenvalue weighted by atomic mass is 16.3. The van der Waals surface area contributed by atoms with E-state index >= 15 is 0 Å². The molecule has 1 atom stereocenters. The lowest BCUT2D eigenvalue weighted by Crippen LogP contribution is -2.08. The second-order valence-electron chi connectivity index (χ2n) is 5.01. The first-order chi connectivity index (χ1) is 9.40. The summed E-state index contributed by atoms with van der Waals surface area (Å²) < 4.78 is 0. The molecule has 0 fully saturated rings. The number of hydrogen-bond acceptors (Lipinski definition) is 4. The first kappa shape index (κ1) is 14.1. The highest BCUT2D eigenvalue weighted by Gasteiger charge is 2.13. The lowest BCUT2D eigenvalue weighted by atomic mass is 10.0. The Hall–Kier alpha value is -2.36. The predicted molar refractivity (Wildman–Crippen MR) is 79.4 cm³/mol. The van der Waals surface area contributed by atoms with Gasteiger partial charge in [-0.25, -0.2) is 0 Å². The SMILES string of the molecule is Cc1ccc(NC(C)c2cc(O)ccc2O)c(C)c1O. The van der Waals surface area contributed by atoms with Gasteiger partial charge in [-0.2, -0.15) is 0 Å². The number of aromatic hydroxyl groups is 3. The van der Waals surface area contributed by atoms with Gasteiger partial charge in [0.15, 0.2) is 0 Å². The minimum atomic E-state index is -0.206. The number of rotatable bonds is 3. The largest absolute Gasteiger partial charge is 0.508 e. The molecule has 2 aromatic carbocycles. The normalized spacial score (nSPS) is 12.2. The Morgan fingerprint density at radius 1 is 1.00 bits per heavy atom. The van der Waals surface area contributed by atoms with Gasteiger partial charge >= 0.3 is 0 Å². The summed E-state index contributed by atoms with van der Waals surface area (Å²) in [7, 11) is 0. The number of phenols is 3. The van der Waals surface area contributed by atoms with E-state index in [1.807, 2.05) is 32.9 Å². The zero-order chi connectivity index (χ0) is 14.9. The zero-order valence-electron chi connectivity index (χ0n) is 11.8. The molecule has 0 aliphatic rings. The molecule has 0 saturated carbocycles. The molecule has 0 heterocycles. The van der Waals surface area contributed by atoms with Crippen LogP contribution in [0.4, 0.5) is 5.69 Å². The fourth-order valence-electron chi connectivity index (χ4n) is 2.19. The Labute approximate surface area is 118 Å². The smallest absolute Gasteiger partial charge is 0.123 e. The van der Waals surface area contributed by atoms with Gasteiger partial charge in [0.2, 0.25) is 0 Å². The van der Waals surface area contributed by atoms with E-state index in [-0.39, 0.29) is 23.3 Å². The molecule has 4 heteroatoms. The Kier molecular flexibility index (Phi) is 3.74. The van der Waals surface area contributed by atoms with Crippen LogP contribution in [0.5, 0.6) is 17.2 Å². The molecule has 2 aromatic rings. The van der Waals surface area contributed by atoms with Crippen LogP contribution in [0.15, 0.2) is 30.3 Å². The lowest BCUT2D eigenvalue weighted by molar-refractivity contribution is 0.451. The molecular weight excluding hydrogens is 254 g/mol. The molecule has 0 saturated heterocycles. The van der Waals surface area contributed by atoms with Crippen LogP contribution in [0.25, 0.3) is 0 Å². The lowest BCUT2D eigenvalue weighted by Gasteiger charge is -2.19. The summed E-state index contributed by atoms with van der Waals surface area (Å²) in [5.41, 5.74) is 2.98. The fourth-order valence-corrected chi connectivity index (χ4v) is 2.19. The van der Waals surface area contributed by atoms with Crippen LogP contribution in [-0.4, -0.2) is 15.3 Å². The molecule has 20 heavy (non-hydrogen) atoms. The van der Waals surface area contributed by atoms with Gasteiger partial charge in [0.05, 0.1) is 6.04 Å². The zero-order valence-corrected chi connectivity index (χ0v) is 11.8. The van der Waals surface area contributed by atoms with Gasteiger partial charge in [-0.05, 0) is 50.6 Å². The van der Waals surface area contributed by atoms with Crippen molar-refractivity contribution in [2.45, 2.75) is 26.8 Å². The van der Waals surface area contributed by atoms with Gasteiger partial charge in [0.1, 0.15) is 17.2 Å². The maximum Gasteiger partial charge on any atom is 0.123 e. The van der Waals surface area contributed by atoms with Crippen molar-refractivity contribution in [3.63, 3.8) is 0 Å². The average molecular weight is 273 g/mol. The van der Waals surface area contributed by atoms with Crippen molar-refractivity contribution in [2.24, 2.45) is 0 Å². The molecule has 0 bridgehead atoms. The first-order valence-corrected chi connectivity index (χ1v) is 6.47. The molecule has 2 rings (SSSR count). The second-order valence-corrected chi connectivity index (χ2v) is 5.01. The van der Waals surface area contributed by atoms with Gasteiger partial charge in [-0.3, -0.25) is 0 Å². The highest BCUT2D eigenvalue weighted by molar-refractivity contribution is 5.60. The molecule has 106 valence electrons. The van der Waals surface area contributed by atoms with Crippen molar-refractivity contribution in [1.29, 1.82) is 0 Å². The molecule has 4 N–H and O–H groups in total. The fraction of sp³-hybridized carbons (Fsp3) is 0.250. The number of aryl methyl sites for hydroxylation is 1. The van der Waals surface area contributed by atoms with Gasteiger partial charge in [0, 0.05) is 16.8 Å². The molecule has 1 unspecified atom stereocenters. The van der Waals surface area contributed by atoms with Crippen molar-refractivity contribution < 1.29 is 15.3 Å². The minimum absolute atomic E-state index is 0.106. The number of phenolic OH excluding ortho intramolecular Hbond substituents is 3. The van der Waals surface area contributed by atoms with Crippen LogP contribution < -0.4 is 5.32 Å². The summed E-state index contributed by atoms with van der Waals surface area (Å²) in [6, 6.07) is 7.94. The van der Waals surface area contributed by atoms with Crippen molar-refractivity contribution in [1.82, 2.24) is 0 Å². The first-order valence-electron chi connectivity index (χ1n) is 6.47. The summed E-state index contributed by atoms with van der Waals surface area (Å²) in [6.07, 6.45) is 0. The number of anilines is 1. The van der Waals surface area contributed by atoms with E-state index in [0.29, 0.717) is 5.56 Å². The van der Waals surface area contributed by atoms with Crippen molar-refractivity contribution in [3.05, 3.63) is 47.0 Å². The van der Waals surface area contributed by atoms with E-state index in [9.17, 15) is 15.3 Å². The van der Waals surface area contributed by atoms with E-state index < -0.39 is 0 Å². The third kappa shape index (κ3) is 2.64. The van der Waals surface area contributed by atoms with Crippen molar-refractivity contribution in [2.75, 3.05) is 5.32 Å². The Balaban J connectivity index is 2.30. The van der Waals surface area contributed by atoms with E-state index in [0.717, 1.165) is 16.8 Å². The minimum Gasteiger partial charge on any atom is -0.508 e. The van der Waals surface area contributed by atoms with Crippen LogP contribution >= 0.6 is 0 Å². The van der Waals surface area contributed by atoms with Crippen LogP contribution in [0, 0.1) is 13.8 Å². The monoisotopic (exact) mass is 273 g/mol. The molecule has 0 spiro atoms. The predicted octanol–water partition coefficient (Wildman–Crippen LogP) is 3.59. The van der Waals surface area contributed by atoms with E-state index in [4.69, 9.17) is 0 Å². The van der Waals surface area contributed by atoms with E-state index in [1.54, 1.807) is 0 Å².